The summed E-state index contributed by atoms with van der Waals surface area (Å²) in [6, 6.07) is 2.51. The van der Waals surface area contributed by atoms with Gasteiger partial charge in [0.15, 0.2) is 6.04 Å². The van der Waals surface area contributed by atoms with Gasteiger partial charge in [0.1, 0.15) is 5.82 Å². The van der Waals surface area contributed by atoms with Crippen LogP contribution >= 0.6 is 11.6 Å². The maximum atomic E-state index is 13.1. The van der Waals surface area contributed by atoms with Crippen LogP contribution in [0.3, 0.4) is 0 Å². The minimum atomic E-state index is -1.16. The van der Waals surface area contributed by atoms with E-state index in [1.807, 2.05) is 0 Å². The number of benzene rings is 1. The minimum absolute atomic E-state index is 0.0487. The normalized spacial score (nSPS) is 16.1. The molecule has 0 aliphatic heterocycles. The second-order valence-electron chi connectivity index (χ2n) is 4.20. The van der Waals surface area contributed by atoms with Crippen LogP contribution in [0.5, 0.6) is 0 Å². The number of hydrogen-bond donors (Lipinski definition) is 1. The second-order valence-corrected chi connectivity index (χ2v) is 4.61. The zero-order valence-corrected chi connectivity index (χ0v) is 10.1. The van der Waals surface area contributed by atoms with Gasteiger partial charge >= 0.3 is 5.97 Å². The van der Waals surface area contributed by atoms with Crippen LogP contribution in [-0.2, 0) is 9.59 Å². The fraction of sp³-hybridized carbons (Fsp3) is 0.333. The number of hydrogen-bond acceptors (Lipinski definition) is 2. The first-order chi connectivity index (χ1) is 8.54. The van der Waals surface area contributed by atoms with E-state index in [2.05, 4.69) is 0 Å². The van der Waals surface area contributed by atoms with Gasteiger partial charge in [0.2, 0.25) is 6.41 Å². The van der Waals surface area contributed by atoms with E-state index in [9.17, 15) is 19.1 Å². The van der Waals surface area contributed by atoms with Crippen LogP contribution in [0.2, 0.25) is 5.02 Å². The Balaban J connectivity index is 2.36. The molecule has 1 aromatic rings. The average Bonchev–Trinajstić information content (AvgIpc) is 3.13. The first-order valence-corrected chi connectivity index (χ1v) is 5.83. The summed E-state index contributed by atoms with van der Waals surface area (Å²) in [5.74, 6) is -1.77. The molecule has 1 fully saturated rings. The molecule has 1 N–H and O–H groups in total. The number of aliphatic carboxylic acids is 1. The highest BCUT2D eigenvalue weighted by Crippen LogP contribution is 2.34. The molecule has 1 aromatic carbocycles. The van der Waals surface area contributed by atoms with Crippen LogP contribution in [0.25, 0.3) is 0 Å². The van der Waals surface area contributed by atoms with Gasteiger partial charge in [-0.2, -0.15) is 0 Å². The Kier molecular flexibility index (Phi) is 3.52. The summed E-state index contributed by atoms with van der Waals surface area (Å²) in [7, 11) is 0. The van der Waals surface area contributed by atoms with Crippen LogP contribution < -0.4 is 0 Å². The lowest BCUT2D eigenvalue weighted by atomic mass is 10.1. The fourth-order valence-corrected chi connectivity index (χ4v) is 2.04. The Morgan fingerprint density at radius 3 is 2.67 bits per heavy atom. The molecule has 1 aliphatic rings. The number of carboxylic acid groups (broad SMARTS) is 1. The predicted molar refractivity (Wildman–Crippen MR) is 62.7 cm³/mol. The Morgan fingerprint density at radius 1 is 1.56 bits per heavy atom. The fourth-order valence-electron chi connectivity index (χ4n) is 1.86. The van der Waals surface area contributed by atoms with E-state index in [0.29, 0.717) is 12.0 Å². The third-order valence-electron chi connectivity index (χ3n) is 2.88. The first kappa shape index (κ1) is 12.8. The molecule has 2 rings (SSSR count). The van der Waals surface area contributed by atoms with Crippen molar-refractivity contribution in [3.8, 4) is 0 Å². The standard InChI is InChI=1S/C12H11ClFNO3/c13-9-5-7(1-4-10(9)14)11(12(17)18)15(6-16)8-2-3-8/h1,4-6,8,11H,2-3H2,(H,17,18). The summed E-state index contributed by atoms with van der Waals surface area (Å²) >= 11 is 5.63. The lowest BCUT2D eigenvalue weighted by Crippen LogP contribution is -2.34. The molecular formula is C12H11ClFNO3. The van der Waals surface area contributed by atoms with E-state index in [1.54, 1.807) is 0 Å². The van der Waals surface area contributed by atoms with Gasteiger partial charge in [0.25, 0.3) is 0 Å². The summed E-state index contributed by atoms with van der Waals surface area (Å²) in [5, 5.41) is 9.08. The van der Waals surface area contributed by atoms with E-state index in [-0.39, 0.29) is 11.1 Å². The van der Waals surface area contributed by atoms with Crippen molar-refractivity contribution >= 4 is 24.0 Å². The first-order valence-electron chi connectivity index (χ1n) is 5.45. The van der Waals surface area contributed by atoms with Crippen molar-refractivity contribution in [1.82, 2.24) is 4.90 Å². The van der Waals surface area contributed by atoms with Crippen LogP contribution in [-0.4, -0.2) is 28.4 Å². The number of nitrogens with zero attached hydrogens (tertiary/aromatic N) is 1. The minimum Gasteiger partial charge on any atom is -0.479 e. The molecule has 1 atom stereocenters. The number of halogens is 2. The van der Waals surface area contributed by atoms with Crippen molar-refractivity contribution in [3.63, 3.8) is 0 Å². The van der Waals surface area contributed by atoms with Gasteiger partial charge in [-0.25, -0.2) is 9.18 Å². The maximum absolute atomic E-state index is 13.1. The molecule has 1 saturated carbocycles. The predicted octanol–water partition coefficient (Wildman–Crippen LogP) is 2.23. The molecule has 0 radical (unpaired) electrons. The molecular weight excluding hydrogens is 261 g/mol. The molecule has 1 amide bonds. The lowest BCUT2D eigenvalue weighted by Gasteiger charge is -2.25. The van der Waals surface area contributed by atoms with Gasteiger partial charge < -0.3 is 10.0 Å². The summed E-state index contributed by atoms with van der Waals surface area (Å²) in [5.41, 5.74) is 0.299. The van der Waals surface area contributed by atoms with E-state index in [0.717, 1.165) is 18.9 Å². The van der Waals surface area contributed by atoms with Crippen molar-refractivity contribution in [2.24, 2.45) is 0 Å². The third-order valence-corrected chi connectivity index (χ3v) is 3.17. The molecule has 0 heterocycles. The van der Waals surface area contributed by atoms with Crippen molar-refractivity contribution in [2.75, 3.05) is 0 Å². The van der Waals surface area contributed by atoms with Crippen molar-refractivity contribution in [3.05, 3.63) is 34.6 Å². The van der Waals surface area contributed by atoms with E-state index < -0.39 is 17.8 Å². The lowest BCUT2D eigenvalue weighted by molar-refractivity contribution is -0.147. The summed E-state index contributed by atoms with van der Waals surface area (Å²) in [4.78, 5) is 23.5. The van der Waals surface area contributed by atoms with Crippen LogP contribution in [0.15, 0.2) is 18.2 Å². The SMILES string of the molecule is O=CN(C1CC1)C(C(=O)O)c1ccc(F)c(Cl)c1. The molecule has 0 saturated heterocycles. The quantitative estimate of drug-likeness (QED) is 0.836. The van der Waals surface area contributed by atoms with Gasteiger partial charge in [-0.05, 0) is 30.5 Å². The van der Waals surface area contributed by atoms with Gasteiger partial charge in [0.05, 0.1) is 5.02 Å². The number of rotatable bonds is 5. The van der Waals surface area contributed by atoms with Gasteiger partial charge in [-0.15, -0.1) is 0 Å². The van der Waals surface area contributed by atoms with Crippen LogP contribution in [0, 0.1) is 5.82 Å². The van der Waals surface area contributed by atoms with E-state index in [4.69, 9.17) is 11.6 Å². The number of carboxylic acids is 1. The molecule has 0 aromatic heterocycles. The topological polar surface area (TPSA) is 57.6 Å². The molecule has 18 heavy (non-hydrogen) atoms. The highest BCUT2D eigenvalue weighted by atomic mass is 35.5. The number of amides is 1. The van der Waals surface area contributed by atoms with Crippen molar-refractivity contribution in [2.45, 2.75) is 24.9 Å². The maximum Gasteiger partial charge on any atom is 0.331 e. The zero-order chi connectivity index (χ0) is 13.3. The van der Waals surface area contributed by atoms with Crippen LogP contribution in [0.1, 0.15) is 24.4 Å². The summed E-state index contributed by atoms with van der Waals surface area (Å²) < 4.78 is 13.1. The molecule has 96 valence electrons. The van der Waals surface area contributed by atoms with Crippen molar-refractivity contribution in [1.29, 1.82) is 0 Å². The molecule has 1 aliphatic carbocycles. The van der Waals surface area contributed by atoms with Crippen molar-refractivity contribution < 1.29 is 19.1 Å². The molecule has 0 spiro atoms. The number of carbonyl (C=O) groups excluding carboxylic acids is 1. The molecule has 1 unspecified atom stereocenters. The highest BCUT2D eigenvalue weighted by Gasteiger charge is 2.37. The largest absolute Gasteiger partial charge is 0.479 e. The van der Waals surface area contributed by atoms with Crippen LogP contribution in [0.4, 0.5) is 4.39 Å². The summed E-state index contributed by atoms with van der Waals surface area (Å²) in [6.07, 6.45) is 2.10. The Labute approximate surface area is 108 Å². The van der Waals surface area contributed by atoms with Gasteiger partial charge in [0, 0.05) is 6.04 Å². The Hall–Kier alpha value is -1.62. The van der Waals surface area contributed by atoms with E-state index >= 15 is 0 Å². The van der Waals surface area contributed by atoms with Gasteiger partial charge in [-0.3, -0.25) is 4.79 Å². The van der Waals surface area contributed by atoms with E-state index in [1.165, 1.54) is 17.0 Å². The third kappa shape index (κ3) is 2.46. The average molecular weight is 272 g/mol. The highest BCUT2D eigenvalue weighted by molar-refractivity contribution is 6.30. The molecule has 6 heteroatoms. The Bertz CT molecular complexity index is 490. The van der Waals surface area contributed by atoms with Gasteiger partial charge in [-0.1, -0.05) is 17.7 Å². The zero-order valence-electron chi connectivity index (χ0n) is 9.35. The smallest absolute Gasteiger partial charge is 0.331 e. The monoisotopic (exact) mass is 271 g/mol. The second kappa shape index (κ2) is 4.94. The molecule has 4 nitrogen and oxygen atoms in total. The number of carbonyl (C=O) groups is 2. The Morgan fingerprint density at radius 2 is 2.22 bits per heavy atom. The molecule has 0 bridgehead atoms. The summed E-state index contributed by atoms with van der Waals surface area (Å²) in [6.45, 7) is 0.